The zero-order valence-corrected chi connectivity index (χ0v) is 17.7. The summed E-state index contributed by atoms with van der Waals surface area (Å²) in [5.41, 5.74) is 5.45. The number of carbonyl (C=O) groups is 3. The second kappa shape index (κ2) is 9.18. The molecule has 1 saturated heterocycles. The first-order chi connectivity index (χ1) is 15.1. The summed E-state index contributed by atoms with van der Waals surface area (Å²) >= 11 is 0. The van der Waals surface area contributed by atoms with E-state index in [0.717, 1.165) is 0 Å². The maximum absolute atomic E-state index is 12.1. The number of carbonyl (C=O) groups excluding carboxylic acids is 3. The second-order valence-corrected chi connectivity index (χ2v) is 7.10. The number of aromatic nitrogens is 4. The van der Waals surface area contributed by atoms with Crippen molar-refractivity contribution >= 4 is 40.7 Å². The van der Waals surface area contributed by atoms with Crippen molar-refractivity contribution in [2.45, 2.75) is 51.6 Å². The molecule has 1 fully saturated rings. The predicted octanol–water partition coefficient (Wildman–Crippen LogP) is -0.243. The Kier molecular flexibility index (Phi) is 6.58. The van der Waals surface area contributed by atoms with Crippen LogP contribution in [0, 0.1) is 0 Å². The monoisotopic (exact) mass is 449 g/mol. The lowest BCUT2D eigenvalue weighted by molar-refractivity contribution is -0.163. The van der Waals surface area contributed by atoms with Crippen LogP contribution in [0.2, 0.25) is 0 Å². The zero-order chi connectivity index (χ0) is 23.6. The molecule has 3 N–H and O–H groups in total. The summed E-state index contributed by atoms with van der Waals surface area (Å²) in [6.07, 6.45) is -2.37. The number of anilines is 1. The third-order valence-corrected chi connectivity index (χ3v) is 4.68. The molecule has 1 aliphatic rings. The molecule has 0 radical (unpaired) electrons. The highest BCUT2D eigenvalue weighted by molar-refractivity contribution is 5.76. The van der Waals surface area contributed by atoms with E-state index >= 15 is 0 Å². The minimum atomic E-state index is -1.07. The van der Waals surface area contributed by atoms with Gasteiger partial charge in [0.25, 0.3) is 5.56 Å². The maximum atomic E-state index is 12.1. The van der Waals surface area contributed by atoms with Gasteiger partial charge in [0.15, 0.2) is 23.4 Å². The molecule has 0 spiro atoms. The number of rotatable bonds is 7. The molecule has 4 atom stereocenters. The van der Waals surface area contributed by atoms with Crippen LogP contribution in [0.1, 0.15) is 27.2 Å². The number of fused-ring (bicyclic) bond motifs is 1. The van der Waals surface area contributed by atoms with E-state index in [2.05, 4.69) is 21.5 Å². The zero-order valence-electron chi connectivity index (χ0n) is 17.7. The van der Waals surface area contributed by atoms with Crippen LogP contribution in [0.3, 0.4) is 0 Å². The Bertz CT molecular complexity index is 1120. The van der Waals surface area contributed by atoms with Crippen LogP contribution >= 0.6 is 0 Å². The number of H-pyrrole nitrogens is 1. The number of esters is 3. The number of nitrogens with zero attached hydrogens (tertiary/aromatic N) is 3. The van der Waals surface area contributed by atoms with Gasteiger partial charge in [-0.25, -0.2) is 4.98 Å². The molecule has 2 aromatic heterocycles. The molecule has 0 bridgehead atoms. The number of aromatic amines is 1. The number of hydrogen-bond donors (Lipinski definition) is 2. The van der Waals surface area contributed by atoms with Gasteiger partial charge in [-0.3, -0.25) is 28.7 Å². The van der Waals surface area contributed by atoms with Gasteiger partial charge in [0.1, 0.15) is 18.5 Å². The van der Waals surface area contributed by atoms with Gasteiger partial charge in [-0.15, -0.1) is 0 Å². The Morgan fingerprint density at radius 3 is 2.47 bits per heavy atom. The molecule has 172 valence electrons. The van der Waals surface area contributed by atoms with E-state index < -0.39 is 47.9 Å². The number of nitrogens with one attached hydrogen (secondary N) is 1. The molecule has 13 nitrogen and oxygen atoms in total. The van der Waals surface area contributed by atoms with Crippen LogP contribution in [0.15, 0.2) is 17.7 Å². The molecular weight excluding hydrogens is 426 g/mol. The van der Waals surface area contributed by atoms with Crippen molar-refractivity contribution in [2.24, 2.45) is 0 Å². The van der Waals surface area contributed by atoms with Crippen molar-refractivity contribution in [1.82, 2.24) is 19.5 Å². The van der Waals surface area contributed by atoms with E-state index in [1.807, 2.05) is 0 Å². The minimum absolute atomic E-state index is 0.00871. The predicted molar refractivity (Wildman–Crippen MR) is 109 cm³/mol. The first-order valence-corrected chi connectivity index (χ1v) is 9.63. The van der Waals surface area contributed by atoms with E-state index in [9.17, 15) is 19.2 Å². The minimum Gasteiger partial charge on any atom is -0.466 e. The molecule has 2 aromatic rings. The van der Waals surface area contributed by atoms with Crippen LogP contribution < -0.4 is 11.3 Å². The molecule has 0 aromatic carbocycles. The quantitative estimate of drug-likeness (QED) is 0.421. The van der Waals surface area contributed by atoms with Crippen molar-refractivity contribution in [3.05, 3.63) is 23.3 Å². The smallest absolute Gasteiger partial charge is 0.303 e. The Morgan fingerprint density at radius 1 is 1.19 bits per heavy atom. The fourth-order valence-electron chi connectivity index (χ4n) is 3.48. The Morgan fingerprint density at radius 2 is 1.84 bits per heavy atom. The first kappa shape index (κ1) is 22.9. The third-order valence-electron chi connectivity index (χ3n) is 4.68. The maximum Gasteiger partial charge on any atom is 0.303 e. The standard InChI is InChI=1S/C19H23N5O8/c1-8(24-7-21-13-17(24)22-19(20)23-18(13)28)14-16(31-11(4)27)15(30-10(3)26)12(32-14)5-6-29-9(2)25/h7,12,14-16H,1,5-6H2,2-4H3,(H3,20,22,23,28)/t12-,14+,15-,16+/m1/s1. The highest BCUT2D eigenvalue weighted by Crippen LogP contribution is 2.34. The van der Waals surface area contributed by atoms with E-state index in [-0.39, 0.29) is 35.8 Å². The highest BCUT2D eigenvalue weighted by atomic mass is 16.6. The molecule has 0 unspecified atom stereocenters. The molecule has 32 heavy (non-hydrogen) atoms. The number of ether oxygens (including phenoxy) is 4. The lowest BCUT2D eigenvalue weighted by Gasteiger charge is -2.24. The summed E-state index contributed by atoms with van der Waals surface area (Å²) in [5, 5.41) is 0. The number of nitrogen functional groups attached to an aromatic ring is 1. The van der Waals surface area contributed by atoms with Crippen molar-refractivity contribution in [3.63, 3.8) is 0 Å². The fraction of sp³-hybridized carbons (Fsp3) is 0.474. The van der Waals surface area contributed by atoms with Gasteiger partial charge in [-0.1, -0.05) is 6.58 Å². The SMILES string of the molecule is C=C([C@@H]1O[C@H](CCOC(C)=O)[C@@H](OC(C)=O)[C@H]1OC(C)=O)n1cnc2c(=O)[nH]c(N)nc21. The molecular formula is C19H23N5O8. The van der Waals surface area contributed by atoms with Crippen LogP contribution in [-0.2, 0) is 33.3 Å². The van der Waals surface area contributed by atoms with Crippen molar-refractivity contribution in [3.8, 4) is 0 Å². The molecule has 0 aliphatic carbocycles. The second-order valence-electron chi connectivity index (χ2n) is 7.10. The van der Waals surface area contributed by atoms with Crippen molar-refractivity contribution in [2.75, 3.05) is 12.3 Å². The van der Waals surface area contributed by atoms with Crippen molar-refractivity contribution in [1.29, 1.82) is 0 Å². The summed E-state index contributed by atoms with van der Waals surface area (Å²) in [4.78, 5) is 57.1. The fourth-order valence-corrected chi connectivity index (χ4v) is 3.48. The van der Waals surface area contributed by atoms with Crippen molar-refractivity contribution < 1.29 is 33.3 Å². The molecule has 3 rings (SSSR count). The number of nitrogens with two attached hydrogens (primary N) is 1. The normalized spacial score (nSPS) is 22.5. The molecule has 1 aliphatic heterocycles. The van der Waals surface area contributed by atoms with Gasteiger partial charge in [0, 0.05) is 27.2 Å². The van der Waals surface area contributed by atoms with E-state index in [1.54, 1.807) is 0 Å². The molecule has 0 saturated carbocycles. The number of imidazole rings is 1. The van der Waals surface area contributed by atoms with Crippen LogP contribution in [0.5, 0.6) is 0 Å². The van der Waals surface area contributed by atoms with Crippen LogP contribution in [-0.4, -0.2) is 68.4 Å². The summed E-state index contributed by atoms with van der Waals surface area (Å²) < 4.78 is 23.2. The highest BCUT2D eigenvalue weighted by Gasteiger charge is 2.50. The topological polar surface area (TPSA) is 178 Å². The summed E-state index contributed by atoms with van der Waals surface area (Å²) in [6, 6.07) is 0. The average molecular weight is 449 g/mol. The van der Waals surface area contributed by atoms with Crippen LogP contribution in [0.25, 0.3) is 16.9 Å². The van der Waals surface area contributed by atoms with Gasteiger partial charge < -0.3 is 24.7 Å². The molecule has 0 amide bonds. The summed E-state index contributed by atoms with van der Waals surface area (Å²) in [6.45, 7) is 7.65. The number of hydrogen-bond acceptors (Lipinski definition) is 11. The average Bonchev–Trinajstić information content (AvgIpc) is 3.23. The van der Waals surface area contributed by atoms with Crippen LogP contribution in [0.4, 0.5) is 5.95 Å². The van der Waals surface area contributed by atoms with E-state index in [4.69, 9.17) is 24.7 Å². The Hall–Kier alpha value is -3.74. The van der Waals surface area contributed by atoms with Gasteiger partial charge >= 0.3 is 17.9 Å². The summed E-state index contributed by atoms with van der Waals surface area (Å²) in [7, 11) is 0. The van der Waals surface area contributed by atoms with E-state index in [0.29, 0.717) is 0 Å². The van der Waals surface area contributed by atoms with Gasteiger partial charge in [0.2, 0.25) is 5.95 Å². The molecule has 13 heteroatoms. The lowest BCUT2D eigenvalue weighted by Crippen LogP contribution is -2.40. The van der Waals surface area contributed by atoms with Gasteiger partial charge in [-0.2, -0.15) is 4.98 Å². The lowest BCUT2D eigenvalue weighted by atomic mass is 10.0. The van der Waals surface area contributed by atoms with E-state index in [1.165, 1.54) is 31.7 Å². The third kappa shape index (κ3) is 4.77. The molecule has 3 heterocycles. The largest absolute Gasteiger partial charge is 0.466 e. The van der Waals surface area contributed by atoms with Gasteiger partial charge in [-0.05, 0) is 0 Å². The Labute approximate surface area is 181 Å². The first-order valence-electron chi connectivity index (χ1n) is 9.63. The Balaban J connectivity index is 1.97. The summed E-state index contributed by atoms with van der Waals surface area (Å²) in [5.74, 6) is -1.86. The van der Waals surface area contributed by atoms with Gasteiger partial charge in [0.05, 0.1) is 12.3 Å².